The SMILES string of the molecule is CN(CCOC(=O)NCCOCCOCCCCCCCl)c1ccc(/C=C(\C#N)C(=O)O)cc1. The molecule has 0 fully saturated rings. The Kier molecular flexibility index (Phi) is 16.0. The summed E-state index contributed by atoms with van der Waals surface area (Å²) >= 11 is 5.63. The number of halogens is 1. The molecule has 0 aromatic heterocycles. The fraction of sp³-hybridized carbons (Fsp3) is 0.542. The number of ether oxygens (including phenoxy) is 3. The topological polar surface area (TPSA) is 121 Å². The summed E-state index contributed by atoms with van der Waals surface area (Å²) in [6.45, 7) is 3.13. The summed E-state index contributed by atoms with van der Waals surface area (Å²) in [5, 5.41) is 20.4. The second kappa shape index (κ2) is 18.6. The number of nitrogens with zero attached hydrogens (tertiary/aromatic N) is 2. The van der Waals surface area contributed by atoms with E-state index in [9.17, 15) is 9.59 Å². The van der Waals surface area contributed by atoms with E-state index in [2.05, 4.69) is 5.32 Å². The van der Waals surface area contributed by atoms with Crippen LogP contribution in [-0.4, -0.2) is 76.2 Å². The number of alkyl halides is 1. The van der Waals surface area contributed by atoms with Gasteiger partial charge in [-0.3, -0.25) is 0 Å². The first kappa shape index (κ1) is 29.2. The first-order valence-electron chi connectivity index (χ1n) is 11.3. The Labute approximate surface area is 206 Å². The van der Waals surface area contributed by atoms with Gasteiger partial charge in [-0.1, -0.05) is 25.0 Å². The Morgan fingerprint density at radius 3 is 2.38 bits per heavy atom. The lowest BCUT2D eigenvalue weighted by Crippen LogP contribution is -2.31. The summed E-state index contributed by atoms with van der Waals surface area (Å²) in [6, 6.07) is 8.67. The second-order valence-electron chi connectivity index (χ2n) is 7.38. The molecule has 10 heteroatoms. The van der Waals surface area contributed by atoms with Crippen molar-refractivity contribution in [3.63, 3.8) is 0 Å². The average Bonchev–Trinajstić information content (AvgIpc) is 2.83. The van der Waals surface area contributed by atoms with E-state index in [4.69, 9.17) is 36.2 Å². The third-order valence-electron chi connectivity index (χ3n) is 4.72. The molecule has 0 radical (unpaired) electrons. The smallest absolute Gasteiger partial charge is 0.407 e. The van der Waals surface area contributed by atoms with Gasteiger partial charge in [-0.2, -0.15) is 5.26 Å². The molecule has 1 amide bonds. The van der Waals surface area contributed by atoms with Crippen molar-refractivity contribution in [2.75, 3.05) is 64.0 Å². The van der Waals surface area contributed by atoms with Crippen LogP contribution in [0.25, 0.3) is 6.08 Å². The third kappa shape index (κ3) is 13.7. The summed E-state index contributed by atoms with van der Waals surface area (Å²) in [4.78, 5) is 24.5. The van der Waals surface area contributed by atoms with Crippen molar-refractivity contribution in [2.24, 2.45) is 0 Å². The number of hydrogen-bond donors (Lipinski definition) is 2. The number of nitrogens with one attached hydrogen (secondary N) is 1. The predicted molar refractivity (Wildman–Crippen MR) is 131 cm³/mol. The summed E-state index contributed by atoms with van der Waals surface area (Å²) in [5.41, 5.74) is 1.14. The van der Waals surface area contributed by atoms with Crippen LogP contribution < -0.4 is 10.2 Å². The number of likely N-dealkylation sites (N-methyl/N-ethyl adjacent to an activating group) is 1. The molecule has 9 nitrogen and oxygen atoms in total. The molecule has 1 aromatic carbocycles. The number of amides is 1. The summed E-state index contributed by atoms with van der Waals surface area (Å²) in [7, 11) is 1.85. The van der Waals surface area contributed by atoms with Crippen molar-refractivity contribution in [1.29, 1.82) is 5.26 Å². The van der Waals surface area contributed by atoms with Crippen molar-refractivity contribution in [2.45, 2.75) is 25.7 Å². The molecule has 2 N–H and O–H groups in total. The zero-order valence-corrected chi connectivity index (χ0v) is 20.4. The number of anilines is 1. The van der Waals surface area contributed by atoms with Crippen LogP contribution in [0, 0.1) is 11.3 Å². The number of benzene rings is 1. The summed E-state index contributed by atoms with van der Waals surface area (Å²) in [6.07, 6.45) is 5.13. The van der Waals surface area contributed by atoms with Crippen LogP contribution in [0.5, 0.6) is 0 Å². The minimum atomic E-state index is -1.26. The van der Waals surface area contributed by atoms with Gasteiger partial charge in [0.2, 0.25) is 0 Å². The highest BCUT2D eigenvalue weighted by Crippen LogP contribution is 2.15. The largest absolute Gasteiger partial charge is 0.477 e. The Hall–Kier alpha value is -2.80. The van der Waals surface area contributed by atoms with E-state index in [0.29, 0.717) is 44.4 Å². The van der Waals surface area contributed by atoms with Crippen molar-refractivity contribution >= 4 is 35.4 Å². The predicted octanol–water partition coefficient (Wildman–Crippen LogP) is 3.67. The lowest BCUT2D eigenvalue weighted by Gasteiger charge is -2.19. The molecular formula is C24H34ClN3O6. The zero-order valence-electron chi connectivity index (χ0n) is 19.6. The van der Waals surface area contributed by atoms with Crippen molar-refractivity contribution < 1.29 is 28.9 Å². The quantitative estimate of drug-likeness (QED) is 0.137. The first-order valence-corrected chi connectivity index (χ1v) is 11.8. The molecule has 1 rings (SSSR count). The minimum absolute atomic E-state index is 0.196. The zero-order chi connectivity index (χ0) is 25.0. The molecule has 0 saturated carbocycles. The molecule has 0 saturated heterocycles. The lowest BCUT2D eigenvalue weighted by atomic mass is 10.1. The molecule has 34 heavy (non-hydrogen) atoms. The molecule has 0 spiro atoms. The minimum Gasteiger partial charge on any atom is -0.477 e. The van der Waals surface area contributed by atoms with E-state index in [1.54, 1.807) is 30.3 Å². The molecule has 0 atom stereocenters. The highest BCUT2D eigenvalue weighted by molar-refractivity contribution is 6.17. The number of alkyl carbamates (subject to hydrolysis) is 1. The second-order valence-corrected chi connectivity index (χ2v) is 7.76. The van der Waals surface area contributed by atoms with Gasteiger partial charge >= 0.3 is 12.1 Å². The number of carbonyl (C=O) groups is 2. The lowest BCUT2D eigenvalue weighted by molar-refractivity contribution is -0.132. The van der Waals surface area contributed by atoms with Gasteiger partial charge in [0.05, 0.1) is 26.4 Å². The van der Waals surface area contributed by atoms with Crippen LogP contribution in [0.15, 0.2) is 29.8 Å². The maximum atomic E-state index is 11.8. The Balaban J connectivity index is 2.10. The highest BCUT2D eigenvalue weighted by atomic mass is 35.5. The van der Waals surface area contributed by atoms with Gasteiger partial charge in [0.15, 0.2) is 0 Å². The number of nitriles is 1. The molecular weight excluding hydrogens is 462 g/mol. The maximum absolute atomic E-state index is 11.8. The molecule has 0 unspecified atom stereocenters. The number of carbonyl (C=O) groups excluding carboxylic acids is 1. The van der Waals surface area contributed by atoms with Crippen molar-refractivity contribution in [3.8, 4) is 6.07 Å². The van der Waals surface area contributed by atoms with Gasteiger partial charge < -0.3 is 29.5 Å². The molecule has 188 valence electrons. The molecule has 0 aliphatic heterocycles. The highest BCUT2D eigenvalue weighted by Gasteiger charge is 2.07. The van der Waals surface area contributed by atoms with Crippen molar-refractivity contribution in [1.82, 2.24) is 5.32 Å². The Bertz CT molecular complexity index is 795. The number of rotatable bonds is 18. The molecule has 0 heterocycles. The van der Waals surface area contributed by atoms with E-state index in [0.717, 1.165) is 38.0 Å². The number of carboxylic acid groups (broad SMARTS) is 1. The van der Waals surface area contributed by atoms with E-state index < -0.39 is 12.1 Å². The molecule has 1 aromatic rings. The van der Waals surface area contributed by atoms with E-state index in [1.165, 1.54) is 6.08 Å². The first-order chi connectivity index (χ1) is 16.5. The Morgan fingerprint density at radius 1 is 1.06 bits per heavy atom. The van der Waals surface area contributed by atoms with Crippen LogP contribution in [-0.2, 0) is 19.0 Å². The molecule has 0 bridgehead atoms. The fourth-order valence-electron chi connectivity index (χ4n) is 2.79. The Morgan fingerprint density at radius 2 is 1.74 bits per heavy atom. The van der Waals surface area contributed by atoms with Gasteiger partial charge in [-0.25, -0.2) is 9.59 Å². The monoisotopic (exact) mass is 495 g/mol. The van der Waals surface area contributed by atoms with Crippen LogP contribution in [0.1, 0.15) is 31.2 Å². The van der Waals surface area contributed by atoms with E-state index in [1.807, 2.05) is 11.9 Å². The molecule has 0 aliphatic carbocycles. The van der Waals surface area contributed by atoms with Gasteiger partial charge in [-0.15, -0.1) is 11.6 Å². The maximum Gasteiger partial charge on any atom is 0.407 e. The number of unbranched alkanes of at least 4 members (excludes halogenated alkanes) is 3. The van der Waals surface area contributed by atoms with Gasteiger partial charge in [0, 0.05) is 31.8 Å². The number of aliphatic carboxylic acids is 1. The third-order valence-corrected chi connectivity index (χ3v) is 4.98. The van der Waals surface area contributed by atoms with Crippen LogP contribution in [0.4, 0.5) is 10.5 Å². The van der Waals surface area contributed by atoms with Crippen LogP contribution in [0.2, 0.25) is 0 Å². The average molecular weight is 496 g/mol. The van der Waals surface area contributed by atoms with Gasteiger partial charge in [-0.05, 0) is 36.6 Å². The van der Waals surface area contributed by atoms with Crippen molar-refractivity contribution in [3.05, 3.63) is 35.4 Å². The number of hydrogen-bond acceptors (Lipinski definition) is 7. The van der Waals surface area contributed by atoms with Crippen LogP contribution >= 0.6 is 11.6 Å². The van der Waals surface area contributed by atoms with E-state index in [-0.39, 0.29) is 12.2 Å². The number of carboxylic acids is 1. The normalized spacial score (nSPS) is 11.0. The summed E-state index contributed by atoms with van der Waals surface area (Å²) in [5.74, 6) is -0.551. The van der Waals surface area contributed by atoms with Gasteiger partial charge in [0.25, 0.3) is 0 Å². The van der Waals surface area contributed by atoms with Crippen LogP contribution in [0.3, 0.4) is 0 Å². The fourth-order valence-corrected chi connectivity index (χ4v) is 2.98. The van der Waals surface area contributed by atoms with E-state index >= 15 is 0 Å². The van der Waals surface area contributed by atoms with Gasteiger partial charge in [0.1, 0.15) is 18.2 Å². The standard InChI is InChI=1S/C24H34ClN3O6/c1-28(22-8-6-20(7-9-22)18-21(19-26)23(29)30)12-15-34-24(31)27-11-14-33-17-16-32-13-5-3-2-4-10-25/h6-9,18H,2-5,10-17H2,1H3,(H,27,31)(H,29,30)/b21-18+. The summed E-state index contributed by atoms with van der Waals surface area (Å²) < 4.78 is 16.0. The molecule has 0 aliphatic rings.